The molecule has 5 atom stereocenters. The molecular formula is C19H30O4. The second-order valence-electron chi connectivity index (χ2n) is 9.56. The Kier molecular flexibility index (Phi) is 3.54. The van der Waals surface area contributed by atoms with Gasteiger partial charge in [0.05, 0.1) is 11.0 Å². The van der Waals surface area contributed by atoms with Gasteiger partial charge in [0.25, 0.3) is 0 Å². The highest BCUT2D eigenvalue weighted by Crippen LogP contribution is 2.66. The summed E-state index contributed by atoms with van der Waals surface area (Å²) in [5.74, 6) is -1.34. The van der Waals surface area contributed by atoms with Crippen molar-refractivity contribution in [1.82, 2.24) is 0 Å². The molecule has 3 saturated carbocycles. The average molecular weight is 322 g/mol. The first kappa shape index (κ1) is 16.9. The van der Waals surface area contributed by atoms with Crippen molar-refractivity contribution in [3.05, 3.63) is 0 Å². The molecule has 0 bridgehead atoms. The molecule has 0 saturated heterocycles. The second kappa shape index (κ2) is 4.81. The van der Waals surface area contributed by atoms with Gasteiger partial charge in [-0.3, -0.25) is 9.59 Å². The number of Topliss-reactive ketones (excluding diaryl/α,β-unsaturated/α-hetero) is 1. The molecular weight excluding hydrogens is 292 g/mol. The number of ketones is 1. The van der Waals surface area contributed by atoms with Crippen LogP contribution in [0, 0.1) is 28.1 Å². The van der Waals surface area contributed by atoms with E-state index in [1.54, 1.807) is 6.92 Å². The third kappa shape index (κ3) is 2.13. The lowest BCUT2D eigenvalue weighted by atomic mass is 9.41. The van der Waals surface area contributed by atoms with Crippen molar-refractivity contribution in [3.63, 3.8) is 0 Å². The van der Waals surface area contributed by atoms with Gasteiger partial charge in [-0.1, -0.05) is 27.2 Å². The van der Waals surface area contributed by atoms with Crippen LogP contribution in [0.1, 0.15) is 72.6 Å². The minimum atomic E-state index is -1.04. The molecule has 3 aliphatic carbocycles. The SMILES string of the molecule is CC1(C)CC[C@@]2(O)[C@@H](C1)C(=O)CC1[C@](C)(C(=O)O)CCC[C@]12C. The molecule has 0 aromatic rings. The van der Waals surface area contributed by atoms with Gasteiger partial charge in [0.2, 0.25) is 0 Å². The molecule has 4 nitrogen and oxygen atoms in total. The summed E-state index contributed by atoms with van der Waals surface area (Å²) in [6.07, 6.45) is 4.75. The van der Waals surface area contributed by atoms with E-state index in [9.17, 15) is 19.8 Å². The van der Waals surface area contributed by atoms with E-state index in [0.29, 0.717) is 25.7 Å². The standard InChI is InChI=1S/C19H30O4/c1-16(2)8-9-19(23)12(11-16)13(20)10-14-17(3,15(21)22)6-5-7-18(14,19)4/h12,14,23H,5-11H2,1-4H3,(H,21,22)/t12-,14?,17+,18+,19+/m0/s1. The van der Waals surface area contributed by atoms with Crippen LogP contribution in [0.4, 0.5) is 0 Å². The first-order valence-electron chi connectivity index (χ1n) is 8.95. The summed E-state index contributed by atoms with van der Waals surface area (Å²) >= 11 is 0. The molecule has 3 rings (SSSR count). The van der Waals surface area contributed by atoms with E-state index in [2.05, 4.69) is 20.8 Å². The molecule has 0 radical (unpaired) electrons. The van der Waals surface area contributed by atoms with Crippen molar-refractivity contribution in [2.45, 2.75) is 78.2 Å². The molecule has 0 heterocycles. The normalized spacial score (nSPS) is 49.2. The van der Waals surface area contributed by atoms with Gasteiger partial charge in [0.1, 0.15) is 5.78 Å². The van der Waals surface area contributed by atoms with E-state index in [0.717, 1.165) is 19.3 Å². The van der Waals surface area contributed by atoms with Crippen molar-refractivity contribution in [2.75, 3.05) is 0 Å². The van der Waals surface area contributed by atoms with Crippen molar-refractivity contribution in [3.8, 4) is 0 Å². The van der Waals surface area contributed by atoms with Crippen molar-refractivity contribution >= 4 is 11.8 Å². The Hall–Kier alpha value is -0.900. The molecule has 0 amide bonds. The van der Waals surface area contributed by atoms with E-state index in [1.165, 1.54) is 0 Å². The summed E-state index contributed by atoms with van der Waals surface area (Å²) in [6.45, 7) is 8.16. The topological polar surface area (TPSA) is 74.6 Å². The lowest BCUT2D eigenvalue weighted by molar-refractivity contribution is -0.231. The van der Waals surface area contributed by atoms with Crippen LogP contribution in [0.3, 0.4) is 0 Å². The van der Waals surface area contributed by atoms with E-state index in [1.807, 2.05) is 0 Å². The number of carboxylic acids is 1. The Morgan fingerprint density at radius 1 is 1.09 bits per heavy atom. The van der Waals surface area contributed by atoms with Gasteiger partial charge in [-0.05, 0) is 50.4 Å². The first-order chi connectivity index (χ1) is 10.5. The van der Waals surface area contributed by atoms with Gasteiger partial charge in [0, 0.05) is 17.8 Å². The van der Waals surface area contributed by atoms with Gasteiger partial charge >= 0.3 is 5.97 Å². The van der Waals surface area contributed by atoms with Crippen molar-refractivity contribution in [1.29, 1.82) is 0 Å². The third-order valence-corrected chi connectivity index (χ3v) is 7.72. The summed E-state index contributed by atoms with van der Waals surface area (Å²) in [5.41, 5.74) is -2.36. The lowest BCUT2D eigenvalue weighted by Crippen LogP contribution is -2.68. The Bertz CT molecular complexity index is 554. The number of carbonyl (C=O) groups is 2. The molecule has 0 aromatic carbocycles. The monoisotopic (exact) mass is 322 g/mol. The molecule has 3 aliphatic rings. The van der Waals surface area contributed by atoms with Gasteiger partial charge in [0.15, 0.2) is 0 Å². The molecule has 0 aliphatic heterocycles. The fourth-order valence-electron chi connectivity index (χ4n) is 6.03. The number of carbonyl (C=O) groups excluding carboxylic acids is 1. The Morgan fingerprint density at radius 2 is 1.74 bits per heavy atom. The van der Waals surface area contributed by atoms with Crippen LogP contribution in [-0.4, -0.2) is 27.6 Å². The van der Waals surface area contributed by atoms with Crippen LogP contribution < -0.4 is 0 Å². The second-order valence-corrected chi connectivity index (χ2v) is 9.56. The molecule has 0 spiro atoms. The number of aliphatic carboxylic acids is 1. The van der Waals surface area contributed by atoms with Crippen molar-refractivity contribution < 1.29 is 19.8 Å². The van der Waals surface area contributed by atoms with Crippen LogP contribution >= 0.6 is 0 Å². The van der Waals surface area contributed by atoms with Gasteiger partial charge in [-0.15, -0.1) is 0 Å². The van der Waals surface area contributed by atoms with Crippen LogP contribution in [0.25, 0.3) is 0 Å². The minimum Gasteiger partial charge on any atom is -0.481 e. The fraction of sp³-hybridized carbons (Fsp3) is 0.895. The molecule has 1 unspecified atom stereocenters. The predicted octanol–water partition coefficient (Wildman–Crippen LogP) is 3.41. The molecule has 4 heteroatoms. The quantitative estimate of drug-likeness (QED) is 0.776. The van der Waals surface area contributed by atoms with Crippen LogP contribution in [-0.2, 0) is 9.59 Å². The van der Waals surface area contributed by atoms with Crippen LogP contribution in [0.2, 0.25) is 0 Å². The maximum absolute atomic E-state index is 12.9. The maximum Gasteiger partial charge on any atom is 0.309 e. The molecule has 2 N–H and O–H groups in total. The summed E-state index contributed by atoms with van der Waals surface area (Å²) in [5, 5.41) is 21.5. The zero-order valence-corrected chi connectivity index (χ0v) is 14.8. The van der Waals surface area contributed by atoms with Crippen LogP contribution in [0.5, 0.6) is 0 Å². The van der Waals surface area contributed by atoms with Crippen LogP contribution in [0.15, 0.2) is 0 Å². The lowest BCUT2D eigenvalue weighted by Gasteiger charge is -2.64. The largest absolute Gasteiger partial charge is 0.481 e. The zero-order chi connectivity index (χ0) is 17.3. The molecule has 23 heavy (non-hydrogen) atoms. The average Bonchev–Trinajstić information content (AvgIpc) is 2.44. The van der Waals surface area contributed by atoms with Crippen molar-refractivity contribution in [2.24, 2.45) is 28.1 Å². The van der Waals surface area contributed by atoms with E-state index in [4.69, 9.17) is 0 Å². The number of carboxylic acid groups (broad SMARTS) is 1. The van der Waals surface area contributed by atoms with Gasteiger partial charge < -0.3 is 10.2 Å². The summed E-state index contributed by atoms with van der Waals surface area (Å²) in [7, 11) is 0. The number of rotatable bonds is 1. The number of fused-ring (bicyclic) bond motifs is 3. The number of hydrogen-bond acceptors (Lipinski definition) is 3. The molecule has 130 valence electrons. The van der Waals surface area contributed by atoms with Gasteiger partial charge in [-0.25, -0.2) is 0 Å². The maximum atomic E-state index is 12.9. The Labute approximate surface area is 138 Å². The first-order valence-corrected chi connectivity index (χ1v) is 8.95. The molecule has 3 fully saturated rings. The zero-order valence-electron chi connectivity index (χ0n) is 14.8. The van der Waals surface area contributed by atoms with Gasteiger partial charge in [-0.2, -0.15) is 0 Å². The fourth-order valence-corrected chi connectivity index (χ4v) is 6.03. The minimum absolute atomic E-state index is 0.0700. The number of aliphatic hydroxyl groups is 1. The third-order valence-electron chi connectivity index (χ3n) is 7.72. The van der Waals surface area contributed by atoms with E-state index in [-0.39, 0.29) is 23.0 Å². The molecule has 0 aromatic heterocycles. The summed E-state index contributed by atoms with van der Waals surface area (Å²) < 4.78 is 0. The highest BCUT2D eigenvalue weighted by Gasteiger charge is 2.68. The van der Waals surface area contributed by atoms with E-state index >= 15 is 0 Å². The van der Waals surface area contributed by atoms with E-state index < -0.39 is 22.4 Å². The smallest absolute Gasteiger partial charge is 0.309 e. The Morgan fingerprint density at radius 3 is 2.35 bits per heavy atom. The summed E-state index contributed by atoms with van der Waals surface area (Å²) in [6, 6.07) is 0. The number of hydrogen-bond donors (Lipinski definition) is 2. The predicted molar refractivity (Wildman–Crippen MR) is 86.9 cm³/mol. The Balaban J connectivity index is 2.07. The highest BCUT2D eigenvalue weighted by molar-refractivity contribution is 5.86. The highest BCUT2D eigenvalue weighted by atomic mass is 16.4. The summed E-state index contributed by atoms with van der Waals surface area (Å²) in [4.78, 5) is 24.8.